The summed E-state index contributed by atoms with van der Waals surface area (Å²) in [5.41, 5.74) is 14.3. The third-order valence-corrected chi connectivity index (χ3v) is 16.3. The van der Waals surface area contributed by atoms with Gasteiger partial charge in [0.25, 0.3) is 20.2 Å². The average molecular weight is 1040 g/mol. The van der Waals surface area contributed by atoms with Gasteiger partial charge in [0, 0.05) is 91.6 Å². The van der Waals surface area contributed by atoms with E-state index >= 15 is 0 Å². The standard InChI is InChI=1S/C59H80N4O8S2/c1-34(2)62(35(3)4)25-23-48(64)31-54-38(9)27-42(13)58(44(54)15)60-46-17-20-51(40(11)29-46)57(53-22-19-50(72(66,67)68)33-56(53)73(69,70)71)52-21-18-47(30-41(52)12)61-59-43(14)28-39(10)55(45(59)16)32-49(65)24-26-63(36(5)6)37(7)8/h17-22,27-30,33-37,57,60-61H,23-26,31-32H2,1-16H3,(H,66,67,68)(H,69,70,71). The fraction of sp³-hybridized carbons (Fsp3) is 0.458. The van der Waals surface area contributed by atoms with Crippen molar-refractivity contribution in [2.75, 3.05) is 23.7 Å². The Hall–Kier alpha value is -5.22. The summed E-state index contributed by atoms with van der Waals surface area (Å²) in [7, 11) is -9.88. The molecule has 0 saturated heterocycles. The molecule has 0 aliphatic carbocycles. The Bertz CT molecular complexity index is 2920. The Kier molecular flexibility index (Phi) is 19.3. The first kappa shape index (κ1) is 58.7. The molecule has 0 aliphatic heterocycles. The van der Waals surface area contributed by atoms with Gasteiger partial charge in [0.2, 0.25) is 0 Å². The third kappa shape index (κ3) is 14.3. The fourth-order valence-corrected chi connectivity index (χ4v) is 12.1. The highest BCUT2D eigenvalue weighted by Gasteiger charge is 2.30. The number of ketones is 2. The lowest BCUT2D eigenvalue weighted by molar-refractivity contribution is -0.119. The Labute approximate surface area is 436 Å². The maximum atomic E-state index is 13.5. The van der Waals surface area contributed by atoms with Gasteiger partial charge in [0.15, 0.2) is 0 Å². The molecule has 0 saturated carbocycles. The zero-order valence-electron chi connectivity index (χ0n) is 46.0. The molecule has 5 rings (SSSR count). The molecule has 0 radical (unpaired) electrons. The SMILES string of the molecule is Cc1cc(Nc2c(C)cc(C)c(CC(=O)CCN(C(C)C)C(C)C)c2C)ccc1C(c1ccc(Nc2c(C)cc(C)c(CC(=O)CCN(C(C)C)C(C)C)c2C)cc1C)c1ccc(S(=O)(=O)O)cc1S(=O)(=O)O. The number of aryl methyl sites for hydroxylation is 6. The topological polar surface area (TPSA) is 173 Å². The molecule has 0 aromatic heterocycles. The van der Waals surface area contributed by atoms with E-state index in [9.17, 15) is 35.5 Å². The normalized spacial score (nSPS) is 12.4. The predicted octanol–water partition coefficient (Wildman–Crippen LogP) is 12.6. The summed E-state index contributed by atoms with van der Waals surface area (Å²) in [4.78, 5) is 30.3. The molecule has 396 valence electrons. The van der Waals surface area contributed by atoms with E-state index in [-0.39, 0.29) is 17.1 Å². The number of carbonyl (C=O) groups excluding carboxylic acids is 2. The quantitative estimate of drug-likeness (QED) is 0.0361. The maximum absolute atomic E-state index is 13.5. The molecule has 4 N–H and O–H groups in total. The molecule has 5 aromatic carbocycles. The van der Waals surface area contributed by atoms with Crippen molar-refractivity contribution in [1.29, 1.82) is 0 Å². The van der Waals surface area contributed by atoms with Gasteiger partial charge in [-0.3, -0.25) is 28.5 Å². The van der Waals surface area contributed by atoms with Crippen LogP contribution in [0.15, 0.2) is 76.5 Å². The molecular weight excluding hydrogens is 957 g/mol. The van der Waals surface area contributed by atoms with Crippen molar-refractivity contribution >= 4 is 54.6 Å². The lowest BCUT2D eigenvalue weighted by Crippen LogP contribution is -2.38. The number of nitrogens with zero attached hydrogens (tertiary/aromatic N) is 2. The summed E-state index contributed by atoms with van der Waals surface area (Å²) in [5.74, 6) is -0.493. The van der Waals surface area contributed by atoms with Gasteiger partial charge < -0.3 is 10.6 Å². The van der Waals surface area contributed by atoms with Gasteiger partial charge in [0.1, 0.15) is 11.6 Å². The minimum Gasteiger partial charge on any atom is -0.355 e. The summed E-state index contributed by atoms with van der Waals surface area (Å²) in [6.07, 6.45) is 1.55. The van der Waals surface area contributed by atoms with Crippen LogP contribution in [0.1, 0.15) is 146 Å². The zero-order chi connectivity index (χ0) is 54.6. The van der Waals surface area contributed by atoms with Crippen molar-refractivity contribution in [3.8, 4) is 0 Å². The van der Waals surface area contributed by atoms with Crippen molar-refractivity contribution < 1.29 is 35.5 Å². The van der Waals surface area contributed by atoms with Crippen LogP contribution in [0.3, 0.4) is 0 Å². The molecule has 0 bridgehead atoms. The smallest absolute Gasteiger partial charge is 0.294 e. The molecule has 73 heavy (non-hydrogen) atoms. The molecular formula is C59H80N4O8S2. The minimum absolute atomic E-state index is 0.108. The van der Waals surface area contributed by atoms with Crippen LogP contribution < -0.4 is 10.6 Å². The molecule has 0 atom stereocenters. The molecule has 0 heterocycles. The van der Waals surface area contributed by atoms with Crippen molar-refractivity contribution in [1.82, 2.24) is 9.80 Å². The Morgan fingerprint density at radius 3 is 1.18 bits per heavy atom. The lowest BCUT2D eigenvalue weighted by Gasteiger charge is -2.30. The molecule has 0 aliphatic rings. The van der Waals surface area contributed by atoms with E-state index in [1.807, 2.05) is 91.8 Å². The highest BCUT2D eigenvalue weighted by molar-refractivity contribution is 7.86. The number of hydrogen-bond donors (Lipinski definition) is 4. The van der Waals surface area contributed by atoms with Gasteiger partial charge in [-0.1, -0.05) is 30.3 Å². The summed E-state index contributed by atoms with van der Waals surface area (Å²) in [6.45, 7) is 34.6. The number of benzene rings is 5. The second-order valence-electron chi connectivity index (χ2n) is 21.2. The predicted molar refractivity (Wildman–Crippen MR) is 298 cm³/mol. The summed E-state index contributed by atoms with van der Waals surface area (Å²) >= 11 is 0. The van der Waals surface area contributed by atoms with E-state index in [1.165, 1.54) is 6.07 Å². The van der Waals surface area contributed by atoms with Gasteiger partial charge in [-0.2, -0.15) is 16.8 Å². The van der Waals surface area contributed by atoms with Crippen LogP contribution in [-0.2, 0) is 42.7 Å². The highest BCUT2D eigenvalue weighted by Crippen LogP contribution is 2.42. The summed E-state index contributed by atoms with van der Waals surface area (Å²) in [6, 6.07) is 20.2. The fourth-order valence-electron chi connectivity index (χ4n) is 10.8. The highest BCUT2D eigenvalue weighted by atomic mass is 32.2. The van der Waals surface area contributed by atoms with Crippen molar-refractivity contribution in [2.24, 2.45) is 0 Å². The van der Waals surface area contributed by atoms with Gasteiger partial charge >= 0.3 is 0 Å². The molecule has 0 spiro atoms. The second-order valence-corrected chi connectivity index (χ2v) is 24.0. The Morgan fingerprint density at radius 2 is 0.849 bits per heavy atom. The van der Waals surface area contributed by atoms with Gasteiger partial charge in [-0.25, -0.2) is 0 Å². The third-order valence-electron chi connectivity index (χ3n) is 14.5. The van der Waals surface area contributed by atoms with E-state index in [4.69, 9.17) is 0 Å². The van der Waals surface area contributed by atoms with E-state index in [2.05, 4.69) is 88.0 Å². The number of rotatable bonds is 23. The number of anilines is 4. The first-order valence-corrected chi connectivity index (χ1v) is 28.4. The first-order chi connectivity index (χ1) is 33.9. The minimum atomic E-state index is -5.04. The van der Waals surface area contributed by atoms with Crippen LogP contribution in [0.25, 0.3) is 0 Å². The van der Waals surface area contributed by atoms with Crippen molar-refractivity contribution in [3.05, 3.63) is 139 Å². The number of carbonyl (C=O) groups is 2. The second kappa shape index (κ2) is 24.0. The van der Waals surface area contributed by atoms with Gasteiger partial charge in [-0.05, 0) is 220 Å². The van der Waals surface area contributed by atoms with E-state index in [0.29, 0.717) is 74.1 Å². The zero-order valence-corrected chi connectivity index (χ0v) is 47.7. The summed E-state index contributed by atoms with van der Waals surface area (Å²) in [5, 5.41) is 7.23. The maximum Gasteiger partial charge on any atom is 0.294 e. The van der Waals surface area contributed by atoms with Crippen LogP contribution in [0.4, 0.5) is 22.7 Å². The van der Waals surface area contributed by atoms with E-state index in [0.717, 1.165) is 90.5 Å². The average Bonchev–Trinajstić information content (AvgIpc) is 3.27. The van der Waals surface area contributed by atoms with Gasteiger partial charge in [-0.15, -0.1) is 0 Å². The van der Waals surface area contributed by atoms with Crippen LogP contribution in [-0.4, -0.2) is 84.6 Å². The molecule has 0 amide bonds. The molecule has 0 fully saturated rings. The molecule has 14 heteroatoms. The largest absolute Gasteiger partial charge is 0.355 e. The van der Waals surface area contributed by atoms with Crippen LogP contribution >= 0.6 is 0 Å². The lowest BCUT2D eigenvalue weighted by atomic mass is 9.81. The molecule has 5 aromatic rings. The monoisotopic (exact) mass is 1040 g/mol. The number of hydrogen-bond acceptors (Lipinski definition) is 10. The van der Waals surface area contributed by atoms with Crippen LogP contribution in [0, 0.1) is 55.4 Å². The van der Waals surface area contributed by atoms with Crippen molar-refractivity contribution in [3.63, 3.8) is 0 Å². The van der Waals surface area contributed by atoms with Crippen LogP contribution in [0.5, 0.6) is 0 Å². The Morgan fingerprint density at radius 1 is 0.479 bits per heavy atom. The number of Topliss-reactive ketones (excluding diaryl/α,β-unsaturated/α-hetero) is 2. The number of nitrogens with one attached hydrogen (secondary N) is 2. The van der Waals surface area contributed by atoms with Crippen LogP contribution in [0.2, 0.25) is 0 Å². The van der Waals surface area contributed by atoms with E-state index in [1.54, 1.807) is 0 Å². The van der Waals surface area contributed by atoms with Crippen molar-refractivity contribution in [2.45, 2.75) is 176 Å². The van der Waals surface area contributed by atoms with E-state index < -0.39 is 35.9 Å². The Balaban J connectivity index is 1.55. The molecule has 12 nitrogen and oxygen atoms in total. The first-order valence-electron chi connectivity index (χ1n) is 25.5. The molecule has 0 unspecified atom stereocenters. The van der Waals surface area contributed by atoms with Gasteiger partial charge in [0.05, 0.1) is 9.79 Å². The summed E-state index contributed by atoms with van der Waals surface area (Å²) < 4.78 is 71.7.